The van der Waals surface area contributed by atoms with E-state index in [1.807, 2.05) is 48.5 Å². The Morgan fingerprint density at radius 3 is 2.60 bits per heavy atom. The molecule has 1 aliphatic rings. The van der Waals surface area contributed by atoms with Gasteiger partial charge in [-0.1, -0.05) is 18.2 Å². The average Bonchev–Trinajstić information content (AvgIpc) is 3.09. The highest BCUT2D eigenvalue weighted by atomic mass is 16.5. The molecule has 2 N–H and O–H groups in total. The smallest absolute Gasteiger partial charge is 0.198 e. The summed E-state index contributed by atoms with van der Waals surface area (Å²) in [5.41, 5.74) is 2.42. The minimum absolute atomic E-state index is 0.136. The summed E-state index contributed by atoms with van der Waals surface area (Å²) in [4.78, 5) is 12.4. The van der Waals surface area contributed by atoms with Crippen LogP contribution in [0.4, 0.5) is 5.69 Å². The molecule has 0 atom stereocenters. The van der Waals surface area contributed by atoms with Crippen molar-refractivity contribution in [3.8, 4) is 11.6 Å². The van der Waals surface area contributed by atoms with Crippen LogP contribution in [-0.4, -0.2) is 72.5 Å². The molecule has 1 fully saturated rings. The van der Waals surface area contributed by atoms with Crippen LogP contribution in [0.1, 0.15) is 18.4 Å². The molecule has 0 aliphatic carbocycles. The van der Waals surface area contributed by atoms with E-state index in [9.17, 15) is 5.11 Å². The standard InChI is InChI=1S/C24H30N4O2/c1-27-13-15-28(16-14-27)12-4-5-17-30-20-10-8-19(9-11-20)25-18-22-21-6-2-3-7-23(21)26-24(22)29/h2-3,6-11,18,26,29H,4-5,12-17H2,1H3. The van der Waals surface area contributed by atoms with Gasteiger partial charge in [-0.15, -0.1) is 0 Å². The zero-order valence-corrected chi connectivity index (χ0v) is 17.6. The minimum Gasteiger partial charge on any atom is -0.494 e. The number of rotatable bonds is 8. The van der Waals surface area contributed by atoms with E-state index < -0.39 is 0 Å². The molecule has 2 aromatic carbocycles. The van der Waals surface area contributed by atoms with Gasteiger partial charge in [0, 0.05) is 43.3 Å². The van der Waals surface area contributed by atoms with Crippen molar-refractivity contribution in [1.82, 2.24) is 14.8 Å². The number of aliphatic imine (C=N–C) groups is 1. The first kappa shape index (κ1) is 20.4. The molecule has 4 rings (SSSR count). The highest BCUT2D eigenvalue weighted by Crippen LogP contribution is 2.26. The van der Waals surface area contributed by atoms with Crippen LogP contribution in [0, 0.1) is 0 Å². The number of H-pyrrole nitrogens is 1. The van der Waals surface area contributed by atoms with Crippen molar-refractivity contribution in [3.63, 3.8) is 0 Å². The Balaban J connectivity index is 1.23. The predicted octanol–water partition coefficient (Wildman–Crippen LogP) is 4.03. The maximum absolute atomic E-state index is 10.1. The summed E-state index contributed by atoms with van der Waals surface area (Å²) in [7, 11) is 2.19. The van der Waals surface area contributed by atoms with Crippen LogP contribution in [0.5, 0.6) is 11.6 Å². The molecule has 1 aromatic heterocycles. The zero-order valence-electron chi connectivity index (χ0n) is 17.6. The number of fused-ring (bicyclic) bond motifs is 1. The first-order valence-corrected chi connectivity index (χ1v) is 10.7. The number of hydrogen-bond acceptors (Lipinski definition) is 5. The molecule has 0 saturated carbocycles. The van der Waals surface area contributed by atoms with Crippen molar-refractivity contribution in [2.75, 3.05) is 46.4 Å². The molecule has 3 aromatic rings. The van der Waals surface area contributed by atoms with Crippen molar-refractivity contribution >= 4 is 22.8 Å². The molecular weight excluding hydrogens is 376 g/mol. The Hall–Kier alpha value is -2.83. The van der Waals surface area contributed by atoms with Gasteiger partial charge in [0.15, 0.2) is 5.88 Å². The first-order chi connectivity index (χ1) is 14.7. The lowest BCUT2D eigenvalue weighted by atomic mass is 10.2. The summed E-state index contributed by atoms with van der Waals surface area (Å²) < 4.78 is 5.87. The maximum atomic E-state index is 10.1. The Morgan fingerprint density at radius 2 is 1.80 bits per heavy atom. The molecule has 0 amide bonds. The van der Waals surface area contributed by atoms with Crippen LogP contribution < -0.4 is 4.74 Å². The number of ether oxygens (including phenoxy) is 1. The molecular formula is C24H30N4O2. The summed E-state index contributed by atoms with van der Waals surface area (Å²) in [6.45, 7) is 6.59. The number of hydrogen-bond donors (Lipinski definition) is 2. The third-order valence-electron chi connectivity index (χ3n) is 5.64. The number of benzene rings is 2. The monoisotopic (exact) mass is 406 g/mol. The molecule has 6 nitrogen and oxygen atoms in total. The third kappa shape index (κ3) is 5.20. The summed E-state index contributed by atoms with van der Waals surface area (Å²) in [5, 5.41) is 11.1. The number of nitrogens with one attached hydrogen (secondary N) is 1. The number of likely N-dealkylation sites (N-methyl/N-ethyl adjacent to an activating group) is 1. The molecule has 0 spiro atoms. The fraction of sp³-hybridized carbons (Fsp3) is 0.375. The normalized spacial score (nSPS) is 15.9. The molecule has 1 saturated heterocycles. The summed E-state index contributed by atoms with van der Waals surface area (Å²) in [6.07, 6.45) is 3.93. The number of aromatic nitrogens is 1. The van der Waals surface area contributed by atoms with Gasteiger partial charge >= 0.3 is 0 Å². The van der Waals surface area contributed by atoms with E-state index in [-0.39, 0.29) is 5.88 Å². The maximum Gasteiger partial charge on any atom is 0.198 e. The van der Waals surface area contributed by atoms with Gasteiger partial charge in [-0.2, -0.15) is 0 Å². The van der Waals surface area contributed by atoms with Gasteiger partial charge in [0.25, 0.3) is 0 Å². The Bertz CT molecular complexity index is 973. The lowest BCUT2D eigenvalue weighted by molar-refractivity contribution is 0.150. The number of para-hydroxylation sites is 1. The second kappa shape index (κ2) is 9.78. The predicted molar refractivity (Wildman–Crippen MR) is 122 cm³/mol. The highest BCUT2D eigenvalue weighted by molar-refractivity contribution is 6.02. The van der Waals surface area contributed by atoms with Crippen LogP contribution in [0.3, 0.4) is 0 Å². The van der Waals surface area contributed by atoms with Crippen LogP contribution in [0.25, 0.3) is 10.9 Å². The van der Waals surface area contributed by atoms with Crippen molar-refractivity contribution in [3.05, 3.63) is 54.1 Å². The lowest BCUT2D eigenvalue weighted by Crippen LogP contribution is -2.44. The zero-order chi connectivity index (χ0) is 20.8. The fourth-order valence-electron chi connectivity index (χ4n) is 3.75. The van der Waals surface area contributed by atoms with E-state index in [2.05, 4.69) is 26.8 Å². The van der Waals surface area contributed by atoms with Crippen LogP contribution in [-0.2, 0) is 0 Å². The highest BCUT2D eigenvalue weighted by Gasteiger charge is 2.12. The first-order valence-electron chi connectivity index (χ1n) is 10.7. The molecule has 0 radical (unpaired) electrons. The topological polar surface area (TPSA) is 64.1 Å². The molecule has 158 valence electrons. The van der Waals surface area contributed by atoms with E-state index in [0.29, 0.717) is 5.56 Å². The number of unbranched alkanes of at least 4 members (excludes halogenated alkanes) is 1. The van der Waals surface area contributed by atoms with E-state index in [0.717, 1.165) is 41.9 Å². The van der Waals surface area contributed by atoms with Crippen LogP contribution >= 0.6 is 0 Å². The minimum atomic E-state index is 0.136. The fourth-order valence-corrected chi connectivity index (χ4v) is 3.75. The quantitative estimate of drug-likeness (QED) is 0.438. The van der Waals surface area contributed by atoms with Gasteiger partial charge in [0.2, 0.25) is 0 Å². The van der Waals surface area contributed by atoms with Gasteiger partial charge in [-0.05, 0) is 56.8 Å². The summed E-state index contributed by atoms with van der Waals surface area (Å²) in [6, 6.07) is 15.5. The number of nitrogens with zero attached hydrogens (tertiary/aromatic N) is 3. The van der Waals surface area contributed by atoms with Gasteiger partial charge in [-0.25, -0.2) is 0 Å². The van der Waals surface area contributed by atoms with E-state index in [4.69, 9.17) is 4.74 Å². The largest absolute Gasteiger partial charge is 0.494 e. The second-order valence-corrected chi connectivity index (χ2v) is 7.89. The Labute approximate surface area is 177 Å². The Morgan fingerprint density at radius 1 is 1.03 bits per heavy atom. The molecule has 0 bridgehead atoms. The van der Waals surface area contributed by atoms with Gasteiger partial charge in [0.1, 0.15) is 5.75 Å². The summed E-state index contributed by atoms with van der Waals surface area (Å²) in [5.74, 6) is 1.000. The van der Waals surface area contributed by atoms with Crippen molar-refractivity contribution < 1.29 is 9.84 Å². The van der Waals surface area contributed by atoms with Crippen molar-refractivity contribution in [2.24, 2.45) is 4.99 Å². The molecule has 0 unspecified atom stereocenters. The third-order valence-corrected chi connectivity index (χ3v) is 5.64. The summed E-state index contributed by atoms with van der Waals surface area (Å²) >= 11 is 0. The van der Waals surface area contributed by atoms with Crippen molar-refractivity contribution in [1.29, 1.82) is 0 Å². The molecule has 6 heteroatoms. The van der Waals surface area contributed by atoms with E-state index in [1.165, 1.54) is 32.6 Å². The van der Waals surface area contributed by atoms with Crippen LogP contribution in [0.15, 0.2) is 53.5 Å². The molecule has 30 heavy (non-hydrogen) atoms. The van der Waals surface area contributed by atoms with Gasteiger partial charge < -0.3 is 24.6 Å². The van der Waals surface area contributed by atoms with Crippen molar-refractivity contribution in [2.45, 2.75) is 12.8 Å². The number of aromatic amines is 1. The van der Waals surface area contributed by atoms with E-state index in [1.54, 1.807) is 6.21 Å². The van der Waals surface area contributed by atoms with Crippen LogP contribution in [0.2, 0.25) is 0 Å². The lowest BCUT2D eigenvalue weighted by Gasteiger charge is -2.32. The molecule has 1 aliphatic heterocycles. The van der Waals surface area contributed by atoms with Gasteiger partial charge in [-0.3, -0.25) is 4.99 Å². The number of piperazine rings is 1. The van der Waals surface area contributed by atoms with E-state index >= 15 is 0 Å². The Kier molecular flexibility index (Phi) is 6.67. The number of aromatic hydroxyl groups is 1. The second-order valence-electron chi connectivity index (χ2n) is 7.89. The van der Waals surface area contributed by atoms with Gasteiger partial charge in [0.05, 0.1) is 17.9 Å². The average molecular weight is 407 g/mol. The SMILES string of the molecule is CN1CCN(CCCCOc2ccc(N=Cc3c(O)[nH]c4ccccc34)cc2)CC1. The molecule has 2 heterocycles.